The van der Waals surface area contributed by atoms with Crippen LogP contribution in [-0.4, -0.2) is 57.2 Å². The van der Waals surface area contributed by atoms with E-state index in [0.29, 0.717) is 0 Å². The molecule has 0 amide bonds. The molecule has 0 radical (unpaired) electrons. The molecule has 0 spiro atoms. The van der Waals surface area contributed by atoms with Crippen molar-refractivity contribution in [2.75, 3.05) is 21.3 Å². The Labute approximate surface area is 183 Å². The minimum absolute atomic E-state index is 0.187. The van der Waals surface area contributed by atoms with E-state index in [0.717, 1.165) is 26.0 Å². The van der Waals surface area contributed by atoms with Gasteiger partial charge in [0.2, 0.25) is 0 Å². The molecule has 0 saturated carbocycles. The zero-order chi connectivity index (χ0) is 20.7. The number of esters is 1. The van der Waals surface area contributed by atoms with Gasteiger partial charge < -0.3 is 0 Å². The maximum atomic E-state index is 13.2. The molecule has 0 N–H and O–H groups in total. The van der Waals surface area contributed by atoms with E-state index in [1.54, 1.807) is 14.2 Å². The third kappa shape index (κ3) is 5.04. The van der Waals surface area contributed by atoms with Crippen molar-refractivity contribution in [2.45, 2.75) is 3.21 Å². The number of ether oxygens (including phenoxy) is 3. The van der Waals surface area contributed by atoms with Crippen LogP contribution in [0.5, 0.6) is 11.5 Å². The summed E-state index contributed by atoms with van der Waals surface area (Å²) < 4.78 is 17.4. The predicted molar refractivity (Wildman–Crippen MR) is 117 cm³/mol. The van der Waals surface area contributed by atoms with Gasteiger partial charge in [-0.1, -0.05) is 0 Å². The third-order valence-electron chi connectivity index (χ3n) is 4.25. The van der Waals surface area contributed by atoms with Gasteiger partial charge >= 0.3 is 184 Å². The number of rotatable bonds is 8. The first-order chi connectivity index (χ1) is 14.1. The van der Waals surface area contributed by atoms with E-state index < -0.39 is 3.21 Å². The fourth-order valence-electron chi connectivity index (χ4n) is 2.75. The van der Waals surface area contributed by atoms with E-state index in [4.69, 9.17) is 14.2 Å². The summed E-state index contributed by atoms with van der Waals surface area (Å²) in [7, 11) is 4.76. The molecule has 3 aromatic rings. The molecule has 3 aromatic carbocycles. The molecule has 0 bridgehead atoms. The zero-order valence-corrected chi connectivity index (χ0v) is 19.9. The zero-order valence-electron chi connectivity index (χ0n) is 16.5. The Morgan fingerprint density at radius 2 is 1.14 bits per heavy atom. The normalized spacial score (nSPS) is 11.0. The van der Waals surface area contributed by atoms with Crippen molar-refractivity contribution in [2.24, 2.45) is 0 Å². The van der Waals surface area contributed by atoms with Crippen LogP contribution in [-0.2, 0) is 12.7 Å². The first kappa shape index (κ1) is 21.5. The van der Waals surface area contributed by atoms with Crippen LogP contribution in [0, 0.1) is 0 Å². The molecule has 6 heteroatoms. The van der Waals surface area contributed by atoms with Gasteiger partial charge in [0.05, 0.1) is 0 Å². The topological polar surface area (TPSA) is 44.8 Å². The molecule has 0 aromatic heterocycles. The van der Waals surface area contributed by atoms with Crippen LogP contribution in [0.25, 0.3) is 0 Å². The molecular weight excluding hydrogens is 498 g/mol. The standard InChI is InChI=1S/C23H22O4Se2/c1-25-18-9-13-20(14-10-18)28-23(22(24)27-3,17-7-5-4-6-8-17)29-21-15-11-19(26-2)12-16-21/h4-16H,1-3H3. The van der Waals surface area contributed by atoms with Crippen molar-refractivity contribution >= 4 is 44.8 Å². The molecule has 0 saturated heterocycles. The van der Waals surface area contributed by atoms with Gasteiger partial charge in [0.15, 0.2) is 0 Å². The van der Waals surface area contributed by atoms with E-state index in [-0.39, 0.29) is 35.9 Å². The predicted octanol–water partition coefficient (Wildman–Crippen LogP) is 2.09. The second kappa shape index (κ2) is 10.00. The summed E-state index contributed by atoms with van der Waals surface area (Å²) in [5, 5.41) is 0. The van der Waals surface area contributed by atoms with Gasteiger partial charge in [0.1, 0.15) is 0 Å². The van der Waals surface area contributed by atoms with E-state index in [1.165, 1.54) is 7.11 Å². The Bertz CT molecular complexity index is 876. The Morgan fingerprint density at radius 3 is 1.52 bits per heavy atom. The molecule has 29 heavy (non-hydrogen) atoms. The van der Waals surface area contributed by atoms with Crippen molar-refractivity contribution in [1.82, 2.24) is 0 Å². The molecule has 0 atom stereocenters. The van der Waals surface area contributed by atoms with Crippen LogP contribution in [0.3, 0.4) is 0 Å². The van der Waals surface area contributed by atoms with E-state index in [1.807, 2.05) is 78.9 Å². The van der Waals surface area contributed by atoms with Gasteiger partial charge in [-0.2, -0.15) is 0 Å². The van der Waals surface area contributed by atoms with E-state index >= 15 is 0 Å². The molecule has 0 unspecified atom stereocenters. The van der Waals surface area contributed by atoms with E-state index in [9.17, 15) is 4.79 Å². The summed E-state index contributed by atoms with van der Waals surface area (Å²) in [6, 6.07) is 25.8. The van der Waals surface area contributed by atoms with Crippen LogP contribution >= 0.6 is 0 Å². The number of hydrogen-bond acceptors (Lipinski definition) is 4. The maximum absolute atomic E-state index is 13.2. The van der Waals surface area contributed by atoms with Gasteiger partial charge in [0, 0.05) is 0 Å². The molecule has 0 heterocycles. The monoisotopic (exact) mass is 522 g/mol. The summed E-state index contributed by atoms with van der Waals surface area (Å²) in [6.45, 7) is 0. The number of carbonyl (C=O) groups is 1. The van der Waals surface area contributed by atoms with Crippen molar-refractivity contribution < 1.29 is 19.0 Å². The first-order valence-corrected chi connectivity index (χ1v) is 12.3. The van der Waals surface area contributed by atoms with Crippen LogP contribution in [0.15, 0.2) is 78.9 Å². The molecule has 0 aliphatic heterocycles. The third-order valence-corrected chi connectivity index (χ3v) is 11.1. The molecule has 0 aliphatic rings. The number of carbonyl (C=O) groups excluding carboxylic acids is 1. The van der Waals surface area contributed by atoms with Gasteiger partial charge in [-0.15, -0.1) is 0 Å². The summed E-state index contributed by atoms with van der Waals surface area (Å²) in [5.41, 5.74) is 0.985. The number of methoxy groups -OCH3 is 3. The Balaban J connectivity index is 2.06. The van der Waals surface area contributed by atoms with Crippen molar-refractivity contribution in [1.29, 1.82) is 0 Å². The van der Waals surface area contributed by atoms with Gasteiger partial charge in [-0.05, 0) is 0 Å². The van der Waals surface area contributed by atoms with Gasteiger partial charge in [-0.3, -0.25) is 0 Å². The molecule has 4 nitrogen and oxygen atoms in total. The Kier molecular flexibility index (Phi) is 7.40. The van der Waals surface area contributed by atoms with Crippen molar-refractivity contribution in [3.8, 4) is 11.5 Å². The molecule has 3 rings (SSSR count). The summed E-state index contributed by atoms with van der Waals surface area (Å²) in [4.78, 5) is 13.2. The molecule has 0 fully saturated rings. The number of hydrogen-bond donors (Lipinski definition) is 0. The summed E-state index contributed by atoms with van der Waals surface area (Å²) in [5.74, 6) is 1.40. The van der Waals surface area contributed by atoms with Crippen LogP contribution < -0.4 is 18.4 Å². The van der Waals surface area contributed by atoms with Crippen molar-refractivity contribution in [3.05, 3.63) is 84.4 Å². The fraction of sp³-hybridized carbons (Fsp3) is 0.174. The Hall–Kier alpha value is -2.23. The second-order valence-electron chi connectivity index (χ2n) is 6.03. The van der Waals surface area contributed by atoms with Crippen LogP contribution in [0.4, 0.5) is 0 Å². The summed E-state index contributed by atoms with van der Waals surface area (Å²) in [6.07, 6.45) is 0. The minimum atomic E-state index is -0.723. The van der Waals surface area contributed by atoms with Crippen LogP contribution in [0.2, 0.25) is 0 Å². The fourth-order valence-corrected chi connectivity index (χ4v) is 9.69. The first-order valence-electron chi connectivity index (χ1n) is 8.91. The molecule has 0 aliphatic carbocycles. The Morgan fingerprint density at radius 1 is 0.690 bits per heavy atom. The second-order valence-corrected chi connectivity index (χ2v) is 12.7. The van der Waals surface area contributed by atoms with Crippen molar-refractivity contribution in [3.63, 3.8) is 0 Å². The van der Waals surface area contributed by atoms with Crippen LogP contribution in [0.1, 0.15) is 5.56 Å². The van der Waals surface area contributed by atoms with Gasteiger partial charge in [0.25, 0.3) is 0 Å². The summed E-state index contributed by atoms with van der Waals surface area (Å²) >= 11 is -0.374. The van der Waals surface area contributed by atoms with E-state index in [2.05, 4.69) is 0 Å². The molecule has 150 valence electrons. The molecular formula is C23H22O4Se2. The quantitative estimate of drug-likeness (QED) is 0.337. The van der Waals surface area contributed by atoms with Gasteiger partial charge in [-0.25, -0.2) is 0 Å². The SMILES string of the molecule is COC(=O)C([Se]c1ccc(OC)cc1)([Se]c1ccc(OC)cc1)c1ccccc1. The average molecular weight is 520 g/mol. The number of benzene rings is 3. The average Bonchev–Trinajstić information content (AvgIpc) is 2.79.